The number of fused-ring (bicyclic) bond motifs is 1. The number of rotatable bonds is 6. The molecule has 1 aromatic heterocycles. The number of hydrogen-bond acceptors (Lipinski definition) is 4. The molecule has 0 atom stereocenters. The van der Waals surface area contributed by atoms with E-state index in [9.17, 15) is 9.59 Å². The summed E-state index contributed by atoms with van der Waals surface area (Å²) in [6.45, 7) is 0.454. The summed E-state index contributed by atoms with van der Waals surface area (Å²) < 4.78 is 5.26. The van der Waals surface area contributed by atoms with Crippen molar-refractivity contribution in [1.29, 1.82) is 0 Å². The summed E-state index contributed by atoms with van der Waals surface area (Å²) in [6.07, 6.45) is 2.53. The first kappa shape index (κ1) is 13.9. The lowest BCUT2D eigenvalue weighted by molar-refractivity contribution is 0.0664. The van der Waals surface area contributed by atoms with Gasteiger partial charge in [0.1, 0.15) is 5.76 Å². The molecule has 5 heteroatoms. The minimum Gasteiger partial charge on any atom is -0.469 e. The molecule has 1 aromatic carbocycles. The summed E-state index contributed by atoms with van der Waals surface area (Å²) in [5.74, 6) is 2.26. The molecule has 0 fully saturated rings. The van der Waals surface area contributed by atoms with Gasteiger partial charge in [-0.25, -0.2) is 0 Å². The molecule has 0 bridgehead atoms. The molecule has 0 spiro atoms. The van der Waals surface area contributed by atoms with Gasteiger partial charge >= 0.3 is 0 Å². The van der Waals surface area contributed by atoms with Crippen molar-refractivity contribution >= 4 is 23.6 Å². The predicted molar refractivity (Wildman–Crippen MR) is 81.5 cm³/mol. The van der Waals surface area contributed by atoms with E-state index in [2.05, 4.69) is 0 Å². The van der Waals surface area contributed by atoms with Gasteiger partial charge in [0, 0.05) is 24.5 Å². The summed E-state index contributed by atoms with van der Waals surface area (Å²) in [7, 11) is 0. The summed E-state index contributed by atoms with van der Waals surface area (Å²) in [5, 5.41) is 0. The molecule has 0 unspecified atom stereocenters. The Bertz CT molecular complexity index is 616. The summed E-state index contributed by atoms with van der Waals surface area (Å²) in [4.78, 5) is 25.6. The van der Waals surface area contributed by atoms with Crippen LogP contribution >= 0.6 is 11.8 Å². The Balaban J connectivity index is 1.48. The van der Waals surface area contributed by atoms with Crippen molar-refractivity contribution in [1.82, 2.24) is 4.90 Å². The minimum absolute atomic E-state index is 0.178. The number of carbonyl (C=O) groups is 2. The second-order valence-corrected chi connectivity index (χ2v) is 5.97. The number of benzene rings is 1. The zero-order chi connectivity index (χ0) is 14.7. The molecule has 108 valence electrons. The van der Waals surface area contributed by atoms with Gasteiger partial charge in [-0.15, -0.1) is 0 Å². The lowest BCUT2D eigenvalue weighted by Gasteiger charge is -2.13. The maximum atomic E-state index is 12.1. The molecule has 3 rings (SSSR count). The van der Waals surface area contributed by atoms with E-state index in [0.29, 0.717) is 17.7 Å². The fourth-order valence-electron chi connectivity index (χ4n) is 2.33. The van der Waals surface area contributed by atoms with Crippen LogP contribution in [0.5, 0.6) is 0 Å². The lowest BCUT2D eigenvalue weighted by atomic mass is 10.1. The highest BCUT2D eigenvalue weighted by Crippen LogP contribution is 2.22. The molecule has 2 amide bonds. The third-order valence-corrected chi connectivity index (χ3v) is 4.37. The molecular weight excluding hydrogens is 286 g/mol. The number of imide groups is 1. The van der Waals surface area contributed by atoms with Gasteiger partial charge in [-0.1, -0.05) is 12.1 Å². The van der Waals surface area contributed by atoms with Crippen LogP contribution in [0.1, 0.15) is 26.5 Å². The van der Waals surface area contributed by atoms with Crippen molar-refractivity contribution in [2.45, 2.75) is 6.42 Å². The minimum atomic E-state index is -0.178. The van der Waals surface area contributed by atoms with Crippen molar-refractivity contribution in [2.24, 2.45) is 0 Å². The van der Waals surface area contributed by atoms with Crippen molar-refractivity contribution in [3.63, 3.8) is 0 Å². The molecule has 2 heterocycles. The molecule has 2 aromatic rings. The second kappa shape index (κ2) is 6.18. The number of amides is 2. The third kappa shape index (κ3) is 2.88. The molecule has 21 heavy (non-hydrogen) atoms. The van der Waals surface area contributed by atoms with Gasteiger partial charge in [-0.05, 0) is 24.3 Å². The zero-order valence-electron chi connectivity index (χ0n) is 11.5. The van der Waals surface area contributed by atoms with Gasteiger partial charge in [0.2, 0.25) is 0 Å². The molecule has 0 N–H and O–H groups in total. The molecule has 0 radical (unpaired) electrons. The van der Waals surface area contributed by atoms with Gasteiger partial charge in [-0.2, -0.15) is 11.8 Å². The largest absolute Gasteiger partial charge is 0.469 e. The van der Waals surface area contributed by atoms with E-state index in [1.807, 2.05) is 12.1 Å². The first-order valence-corrected chi connectivity index (χ1v) is 7.98. The number of thioether (sulfide) groups is 1. The Morgan fingerprint density at radius 1 is 0.952 bits per heavy atom. The Kier molecular flexibility index (Phi) is 4.10. The molecule has 0 aliphatic carbocycles. The average molecular weight is 301 g/mol. The van der Waals surface area contributed by atoms with E-state index in [0.717, 1.165) is 23.7 Å². The zero-order valence-corrected chi connectivity index (χ0v) is 12.3. The van der Waals surface area contributed by atoms with Crippen LogP contribution in [0.4, 0.5) is 0 Å². The maximum absolute atomic E-state index is 12.1. The quantitative estimate of drug-likeness (QED) is 0.608. The summed E-state index contributed by atoms with van der Waals surface area (Å²) in [6, 6.07) is 10.8. The number of nitrogens with zero attached hydrogens (tertiary/aromatic N) is 1. The summed E-state index contributed by atoms with van der Waals surface area (Å²) >= 11 is 1.72. The fourth-order valence-corrected chi connectivity index (χ4v) is 3.19. The number of carbonyl (C=O) groups excluding carboxylic acids is 2. The van der Waals surface area contributed by atoms with Crippen molar-refractivity contribution in [3.05, 3.63) is 59.5 Å². The van der Waals surface area contributed by atoms with E-state index in [1.54, 1.807) is 42.3 Å². The number of furan rings is 1. The molecule has 1 aliphatic heterocycles. The Labute approximate surface area is 127 Å². The average Bonchev–Trinajstić information content (AvgIpc) is 3.10. The summed E-state index contributed by atoms with van der Waals surface area (Å²) in [5.41, 5.74) is 1.03. The Hall–Kier alpha value is -2.01. The normalized spacial score (nSPS) is 13.8. The molecule has 0 saturated carbocycles. The monoisotopic (exact) mass is 301 g/mol. The molecular formula is C16H15NO3S. The Morgan fingerprint density at radius 2 is 1.67 bits per heavy atom. The maximum Gasteiger partial charge on any atom is 0.261 e. The van der Waals surface area contributed by atoms with Gasteiger partial charge in [0.05, 0.1) is 17.4 Å². The first-order valence-electron chi connectivity index (χ1n) is 6.83. The van der Waals surface area contributed by atoms with E-state index in [-0.39, 0.29) is 11.8 Å². The van der Waals surface area contributed by atoms with Gasteiger partial charge < -0.3 is 4.42 Å². The van der Waals surface area contributed by atoms with E-state index in [4.69, 9.17) is 4.42 Å². The fraction of sp³-hybridized carbons (Fsp3) is 0.250. The molecule has 4 nitrogen and oxygen atoms in total. The van der Waals surface area contributed by atoms with E-state index in [1.165, 1.54) is 4.90 Å². The lowest BCUT2D eigenvalue weighted by Crippen LogP contribution is -2.31. The van der Waals surface area contributed by atoms with Crippen molar-refractivity contribution in [3.8, 4) is 0 Å². The first-order chi connectivity index (χ1) is 10.3. The van der Waals surface area contributed by atoms with Crippen LogP contribution < -0.4 is 0 Å². The smallest absolute Gasteiger partial charge is 0.261 e. The van der Waals surface area contributed by atoms with Crippen LogP contribution in [0.2, 0.25) is 0 Å². The van der Waals surface area contributed by atoms with E-state index < -0.39 is 0 Å². The standard InChI is InChI=1S/C16H15NO3S/c18-15-13-5-1-2-6-14(13)16(19)17(15)8-11-21-10-7-12-4-3-9-20-12/h1-6,9H,7-8,10-11H2. The van der Waals surface area contributed by atoms with Gasteiger partial charge in [-0.3, -0.25) is 14.5 Å². The van der Waals surface area contributed by atoms with Crippen molar-refractivity contribution in [2.75, 3.05) is 18.1 Å². The number of aryl methyl sites for hydroxylation is 1. The van der Waals surface area contributed by atoms with Crippen LogP contribution in [-0.2, 0) is 6.42 Å². The highest BCUT2D eigenvalue weighted by molar-refractivity contribution is 7.99. The third-order valence-electron chi connectivity index (χ3n) is 3.41. The molecule has 1 aliphatic rings. The van der Waals surface area contributed by atoms with Crippen molar-refractivity contribution < 1.29 is 14.0 Å². The van der Waals surface area contributed by atoms with Gasteiger partial charge in [0.25, 0.3) is 11.8 Å². The molecule has 0 saturated heterocycles. The predicted octanol–water partition coefficient (Wildman–Crippen LogP) is 2.85. The topological polar surface area (TPSA) is 50.5 Å². The van der Waals surface area contributed by atoms with Crippen LogP contribution in [0, 0.1) is 0 Å². The SMILES string of the molecule is O=C1c2ccccc2C(=O)N1CCSCCc1ccco1. The van der Waals surface area contributed by atoms with Crippen LogP contribution in [0.15, 0.2) is 47.1 Å². The van der Waals surface area contributed by atoms with Crippen LogP contribution in [0.3, 0.4) is 0 Å². The van der Waals surface area contributed by atoms with E-state index >= 15 is 0 Å². The highest BCUT2D eigenvalue weighted by atomic mass is 32.2. The van der Waals surface area contributed by atoms with Crippen LogP contribution in [-0.4, -0.2) is 34.8 Å². The highest BCUT2D eigenvalue weighted by Gasteiger charge is 2.34. The van der Waals surface area contributed by atoms with Gasteiger partial charge in [0.15, 0.2) is 0 Å². The van der Waals surface area contributed by atoms with Crippen LogP contribution in [0.25, 0.3) is 0 Å². The number of hydrogen-bond donors (Lipinski definition) is 0. The Morgan fingerprint density at radius 3 is 2.29 bits per heavy atom. The second-order valence-electron chi connectivity index (χ2n) is 4.75.